The van der Waals surface area contributed by atoms with Crippen molar-refractivity contribution >= 4 is 34.4 Å². The van der Waals surface area contributed by atoms with E-state index in [2.05, 4.69) is 79.7 Å². The molecule has 3 aromatic rings. The van der Waals surface area contributed by atoms with Crippen LogP contribution < -0.4 is 10.4 Å². The van der Waals surface area contributed by atoms with E-state index in [0.717, 1.165) is 4.91 Å². The van der Waals surface area contributed by atoms with Gasteiger partial charge in [-0.3, -0.25) is 0 Å². The topological polar surface area (TPSA) is 0 Å². The van der Waals surface area contributed by atoms with Crippen LogP contribution in [0.3, 0.4) is 0 Å². The summed E-state index contributed by atoms with van der Waals surface area (Å²) in [5.41, 5.74) is 1.18. The first-order chi connectivity index (χ1) is 9.81. The van der Waals surface area contributed by atoms with E-state index in [9.17, 15) is 0 Å². The van der Waals surface area contributed by atoms with Gasteiger partial charge in [0.05, 0.1) is 0 Å². The fourth-order valence-corrected chi connectivity index (χ4v) is 2.94. The molecule has 0 amide bonds. The van der Waals surface area contributed by atoms with E-state index >= 15 is 0 Å². The van der Waals surface area contributed by atoms with Gasteiger partial charge in [0, 0.05) is 4.91 Å². The predicted molar refractivity (Wildman–Crippen MR) is 91.3 cm³/mol. The van der Waals surface area contributed by atoms with E-state index in [1.807, 2.05) is 0 Å². The Hall–Kier alpha value is -1.99. The molecule has 3 aromatic carbocycles. The standard InChI is InChI=1S/C19H16S/c1-2-14-8-3-6-12-17(14)19(20)18-13-7-10-15-9-4-5-11-16(15)18/h2-13,20H,1H3/b14-2-,19-17-. The minimum atomic E-state index is 1.02. The highest BCUT2D eigenvalue weighted by Crippen LogP contribution is 2.25. The lowest BCUT2D eigenvalue weighted by Gasteiger charge is -2.07. The Kier molecular flexibility index (Phi) is 3.62. The van der Waals surface area contributed by atoms with Crippen LogP contribution in [-0.2, 0) is 0 Å². The first-order valence-electron chi connectivity index (χ1n) is 6.74. The van der Waals surface area contributed by atoms with Crippen LogP contribution in [0.15, 0.2) is 66.7 Å². The van der Waals surface area contributed by atoms with Gasteiger partial charge in [-0.15, -0.1) is 12.6 Å². The van der Waals surface area contributed by atoms with Gasteiger partial charge in [0.25, 0.3) is 0 Å². The number of thiol groups is 1. The van der Waals surface area contributed by atoms with Crippen molar-refractivity contribution in [1.29, 1.82) is 0 Å². The zero-order valence-electron chi connectivity index (χ0n) is 11.4. The Labute approximate surface area is 124 Å². The molecule has 0 fully saturated rings. The van der Waals surface area contributed by atoms with Gasteiger partial charge in [-0.2, -0.15) is 0 Å². The van der Waals surface area contributed by atoms with Crippen LogP contribution in [-0.4, -0.2) is 0 Å². The molecule has 0 spiro atoms. The van der Waals surface area contributed by atoms with E-state index in [1.165, 1.54) is 26.8 Å². The molecule has 3 rings (SSSR count). The molecular weight excluding hydrogens is 260 g/mol. The lowest BCUT2D eigenvalue weighted by Crippen LogP contribution is -2.25. The van der Waals surface area contributed by atoms with Crippen LogP contribution >= 0.6 is 12.6 Å². The molecular formula is C19H16S. The zero-order valence-corrected chi connectivity index (χ0v) is 12.3. The van der Waals surface area contributed by atoms with E-state index in [4.69, 9.17) is 12.6 Å². The van der Waals surface area contributed by atoms with Crippen LogP contribution in [0.4, 0.5) is 0 Å². The summed E-state index contributed by atoms with van der Waals surface area (Å²) in [5, 5.41) is 4.88. The second-order valence-electron chi connectivity index (χ2n) is 4.75. The Morgan fingerprint density at radius 3 is 2.40 bits per heavy atom. The van der Waals surface area contributed by atoms with Crippen molar-refractivity contribution in [2.24, 2.45) is 0 Å². The molecule has 0 aliphatic heterocycles. The van der Waals surface area contributed by atoms with Crippen molar-refractivity contribution in [2.75, 3.05) is 0 Å². The largest absolute Gasteiger partial charge is 0.142 e. The minimum absolute atomic E-state index is 1.02. The van der Waals surface area contributed by atoms with Crippen molar-refractivity contribution < 1.29 is 0 Å². The third kappa shape index (κ3) is 2.25. The van der Waals surface area contributed by atoms with Gasteiger partial charge >= 0.3 is 0 Å². The number of hydrogen-bond acceptors (Lipinski definition) is 1. The number of fused-ring (bicyclic) bond motifs is 1. The molecule has 1 heteroatoms. The quantitative estimate of drug-likeness (QED) is 0.643. The summed E-state index contributed by atoms with van der Waals surface area (Å²) < 4.78 is 0. The molecule has 0 saturated heterocycles. The van der Waals surface area contributed by atoms with Gasteiger partial charge in [-0.05, 0) is 33.7 Å². The van der Waals surface area contributed by atoms with Crippen molar-refractivity contribution in [3.8, 4) is 0 Å². The molecule has 0 saturated carbocycles. The smallest absolute Gasteiger partial charge is 0.0197 e. The summed E-state index contributed by atoms with van der Waals surface area (Å²) in [6.07, 6.45) is 2.12. The van der Waals surface area contributed by atoms with E-state index in [-0.39, 0.29) is 0 Å². The monoisotopic (exact) mass is 276 g/mol. The Bertz CT molecular complexity index is 870. The molecule has 0 unspecified atom stereocenters. The summed E-state index contributed by atoms with van der Waals surface area (Å²) in [6.45, 7) is 2.06. The molecule has 20 heavy (non-hydrogen) atoms. The Balaban J connectivity index is 2.42. The van der Waals surface area contributed by atoms with Crippen molar-refractivity contribution in [1.82, 2.24) is 0 Å². The fraction of sp³-hybridized carbons (Fsp3) is 0.0526. The average Bonchev–Trinajstić information content (AvgIpc) is 2.53. The van der Waals surface area contributed by atoms with E-state index < -0.39 is 0 Å². The summed E-state index contributed by atoms with van der Waals surface area (Å²) in [7, 11) is 0. The third-order valence-corrected chi connectivity index (χ3v) is 4.05. The number of benzene rings is 3. The maximum atomic E-state index is 4.81. The van der Waals surface area contributed by atoms with Crippen LogP contribution in [0, 0.1) is 0 Å². The molecule has 0 heterocycles. The van der Waals surface area contributed by atoms with E-state index in [1.54, 1.807) is 0 Å². The van der Waals surface area contributed by atoms with Gasteiger partial charge in [0.15, 0.2) is 0 Å². The van der Waals surface area contributed by atoms with Crippen LogP contribution in [0.1, 0.15) is 12.5 Å². The number of rotatable bonds is 1. The van der Waals surface area contributed by atoms with Crippen LogP contribution in [0.2, 0.25) is 0 Å². The van der Waals surface area contributed by atoms with E-state index in [0.29, 0.717) is 0 Å². The van der Waals surface area contributed by atoms with Crippen molar-refractivity contribution in [2.45, 2.75) is 6.92 Å². The van der Waals surface area contributed by atoms with Gasteiger partial charge in [-0.1, -0.05) is 72.8 Å². The molecule has 0 radical (unpaired) electrons. The molecule has 0 atom stereocenters. The predicted octanol–water partition coefficient (Wildman–Crippen LogP) is 3.73. The minimum Gasteiger partial charge on any atom is -0.142 e. The first kappa shape index (κ1) is 13.0. The second kappa shape index (κ2) is 5.56. The SMILES string of the molecule is C/C=c1/cccc/c1=C(/S)c1cccc2ccccc12. The molecule has 0 N–H and O–H groups in total. The maximum absolute atomic E-state index is 4.81. The number of hydrogen-bond donors (Lipinski definition) is 1. The highest BCUT2D eigenvalue weighted by molar-refractivity contribution is 7.90. The fourth-order valence-electron chi connectivity index (χ4n) is 2.54. The van der Waals surface area contributed by atoms with Crippen LogP contribution in [0.25, 0.3) is 21.8 Å². The van der Waals surface area contributed by atoms with Gasteiger partial charge < -0.3 is 0 Å². The lowest BCUT2D eigenvalue weighted by molar-refractivity contribution is 1.49. The van der Waals surface area contributed by atoms with Gasteiger partial charge in [0.1, 0.15) is 0 Å². The second-order valence-corrected chi connectivity index (χ2v) is 5.20. The lowest BCUT2D eigenvalue weighted by atomic mass is 10.0. The van der Waals surface area contributed by atoms with Gasteiger partial charge in [-0.25, -0.2) is 0 Å². The summed E-state index contributed by atoms with van der Waals surface area (Å²) in [6, 6.07) is 23.2. The molecule has 0 aliphatic rings. The summed E-state index contributed by atoms with van der Waals surface area (Å²) in [4.78, 5) is 1.02. The normalized spacial score (nSPS) is 13.6. The van der Waals surface area contributed by atoms with Gasteiger partial charge in [0.2, 0.25) is 0 Å². The maximum Gasteiger partial charge on any atom is 0.0197 e. The molecule has 0 bridgehead atoms. The Morgan fingerprint density at radius 2 is 1.55 bits per heavy atom. The molecule has 0 aliphatic carbocycles. The first-order valence-corrected chi connectivity index (χ1v) is 7.19. The molecule has 0 aromatic heterocycles. The molecule has 98 valence electrons. The van der Waals surface area contributed by atoms with Crippen LogP contribution in [0.5, 0.6) is 0 Å². The third-order valence-electron chi connectivity index (χ3n) is 3.57. The van der Waals surface area contributed by atoms with Crippen molar-refractivity contribution in [3.63, 3.8) is 0 Å². The average molecular weight is 276 g/mol. The zero-order chi connectivity index (χ0) is 13.9. The summed E-state index contributed by atoms with van der Waals surface area (Å²) >= 11 is 4.81. The summed E-state index contributed by atoms with van der Waals surface area (Å²) in [5.74, 6) is 0. The molecule has 0 nitrogen and oxygen atoms in total. The Morgan fingerprint density at radius 1 is 0.850 bits per heavy atom. The highest BCUT2D eigenvalue weighted by Gasteiger charge is 2.03. The van der Waals surface area contributed by atoms with Crippen molar-refractivity contribution in [3.05, 3.63) is 82.7 Å². The highest BCUT2D eigenvalue weighted by atomic mass is 32.1.